The summed E-state index contributed by atoms with van der Waals surface area (Å²) in [6.07, 6.45) is 0.960. The fourth-order valence-electron chi connectivity index (χ4n) is 1.41. The second-order valence-corrected chi connectivity index (χ2v) is 5.43. The van der Waals surface area contributed by atoms with E-state index in [-0.39, 0.29) is 11.4 Å². The highest BCUT2D eigenvalue weighted by molar-refractivity contribution is 9.11. The molecule has 0 spiro atoms. The lowest BCUT2D eigenvalue weighted by Crippen LogP contribution is -2.15. The summed E-state index contributed by atoms with van der Waals surface area (Å²) in [5.41, 5.74) is 6.10. The van der Waals surface area contributed by atoms with Gasteiger partial charge in [-0.1, -0.05) is 15.9 Å². The molecule has 0 fully saturated rings. The molecule has 0 unspecified atom stereocenters. The SMILES string of the molecule is Nc1ncc(F)cc1C(=O)Nc1ccc(Br)cc1Br. The molecule has 1 aromatic heterocycles. The fraction of sp³-hybridized carbons (Fsp3) is 0. The summed E-state index contributed by atoms with van der Waals surface area (Å²) < 4.78 is 14.6. The Morgan fingerprint density at radius 3 is 2.74 bits per heavy atom. The molecule has 0 aliphatic heterocycles. The molecule has 0 atom stereocenters. The number of aromatic nitrogens is 1. The number of halogens is 3. The quantitative estimate of drug-likeness (QED) is 0.826. The van der Waals surface area contributed by atoms with Crippen molar-refractivity contribution in [3.8, 4) is 0 Å². The number of pyridine rings is 1. The van der Waals surface area contributed by atoms with E-state index >= 15 is 0 Å². The van der Waals surface area contributed by atoms with Gasteiger partial charge in [0.25, 0.3) is 5.91 Å². The van der Waals surface area contributed by atoms with E-state index in [4.69, 9.17) is 5.73 Å². The number of hydrogen-bond donors (Lipinski definition) is 2. The zero-order chi connectivity index (χ0) is 14.0. The Hall–Kier alpha value is -1.47. The third kappa shape index (κ3) is 3.30. The maximum atomic E-state index is 13.1. The number of amides is 1. The summed E-state index contributed by atoms with van der Waals surface area (Å²) in [5.74, 6) is -1.16. The molecule has 2 rings (SSSR count). The minimum atomic E-state index is -0.616. The van der Waals surface area contributed by atoms with Crippen molar-refractivity contribution >= 4 is 49.3 Å². The summed E-state index contributed by atoms with van der Waals surface area (Å²) in [5, 5.41) is 2.63. The first-order valence-corrected chi connectivity index (χ1v) is 6.73. The van der Waals surface area contributed by atoms with E-state index in [0.29, 0.717) is 10.2 Å². The van der Waals surface area contributed by atoms with Gasteiger partial charge in [0.15, 0.2) is 0 Å². The first-order chi connectivity index (χ1) is 8.97. The van der Waals surface area contributed by atoms with Crippen molar-refractivity contribution in [3.63, 3.8) is 0 Å². The predicted molar refractivity (Wildman–Crippen MR) is 78.4 cm³/mol. The second kappa shape index (κ2) is 5.66. The van der Waals surface area contributed by atoms with Gasteiger partial charge in [-0.2, -0.15) is 0 Å². The molecular formula is C12H8Br2FN3O. The minimum Gasteiger partial charge on any atom is -0.383 e. The van der Waals surface area contributed by atoms with Crippen LogP contribution in [0, 0.1) is 5.82 Å². The Morgan fingerprint density at radius 2 is 2.05 bits per heavy atom. The standard InChI is InChI=1S/C12H8Br2FN3O/c13-6-1-2-10(9(14)3-6)18-12(19)8-4-7(15)5-17-11(8)16/h1-5H,(H2,16,17)(H,18,19). The van der Waals surface area contributed by atoms with Gasteiger partial charge in [-0.3, -0.25) is 4.79 Å². The number of nitrogens with two attached hydrogens (primary N) is 1. The van der Waals surface area contributed by atoms with Crippen LogP contribution in [0.4, 0.5) is 15.9 Å². The zero-order valence-electron chi connectivity index (χ0n) is 9.45. The van der Waals surface area contributed by atoms with E-state index in [9.17, 15) is 9.18 Å². The van der Waals surface area contributed by atoms with E-state index in [1.54, 1.807) is 18.2 Å². The molecule has 0 bridgehead atoms. The van der Waals surface area contributed by atoms with Gasteiger partial charge in [0, 0.05) is 8.95 Å². The van der Waals surface area contributed by atoms with E-state index in [2.05, 4.69) is 42.2 Å². The van der Waals surface area contributed by atoms with Crippen LogP contribution in [-0.2, 0) is 0 Å². The number of rotatable bonds is 2. The highest BCUT2D eigenvalue weighted by Gasteiger charge is 2.13. The summed E-state index contributed by atoms with van der Waals surface area (Å²) in [7, 11) is 0. The largest absolute Gasteiger partial charge is 0.383 e. The van der Waals surface area contributed by atoms with Crippen LogP contribution in [0.2, 0.25) is 0 Å². The Bertz CT molecular complexity index is 649. The van der Waals surface area contributed by atoms with Crippen molar-refractivity contribution in [1.29, 1.82) is 0 Å². The number of anilines is 2. The Kier molecular flexibility index (Phi) is 4.16. The number of carbonyl (C=O) groups is 1. The fourth-order valence-corrected chi connectivity index (χ4v) is 2.56. The third-order valence-electron chi connectivity index (χ3n) is 2.31. The summed E-state index contributed by atoms with van der Waals surface area (Å²) in [4.78, 5) is 15.6. The number of carbonyl (C=O) groups excluding carboxylic acids is 1. The van der Waals surface area contributed by atoms with Crippen molar-refractivity contribution in [1.82, 2.24) is 4.98 Å². The van der Waals surface area contributed by atoms with Gasteiger partial charge in [0.2, 0.25) is 0 Å². The topological polar surface area (TPSA) is 68.0 Å². The predicted octanol–water partition coefficient (Wildman–Crippen LogP) is 3.58. The van der Waals surface area contributed by atoms with Crippen molar-refractivity contribution < 1.29 is 9.18 Å². The highest BCUT2D eigenvalue weighted by atomic mass is 79.9. The molecule has 1 aromatic carbocycles. The van der Waals surface area contributed by atoms with E-state index in [0.717, 1.165) is 16.7 Å². The molecule has 0 aliphatic rings. The van der Waals surface area contributed by atoms with Gasteiger partial charge in [-0.25, -0.2) is 9.37 Å². The molecule has 3 N–H and O–H groups in total. The molecular weight excluding hydrogens is 381 g/mol. The number of nitrogen functional groups attached to an aromatic ring is 1. The van der Waals surface area contributed by atoms with Gasteiger partial charge in [0.05, 0.1) is 17.4 Å². The van der Waals surface area contributed by atoms with Gasteiger partial charge in [0.1, 0.15) is 11.6 Å². The van der Waals surface area contributed by atoms with Crippen LogP contribution in [-0.4, -0.2) is 10.9 Å². The summed E-state index contributed by atoms with van der Waals surface area (Å²) >= 11 is 6.62. The van der Waals surface area contributed by atoms with Crippen LogP contribution >= 0.6 is 31.9 Å². The highest BCUT2D eigenvalue weighted by Crippen LogP contribution is 2.26. The molecule has 1 amide bonds. The minimum absolute atomic E-state index is 0.00480. The van der Waals surface area contributed by atoms with Gasteiger partial charge < -0.3 is 11.1 Å². The van der Waals surface area contributed by atoms with Crippen LogP contribution in [0.1, 0.15) is 10.4 Å². The Labute approximate surface area is 125 Å². The Balaban J connectivity index is 2.28. The van der Waals surface area contributed by atoms with Crippen molar-refractivity contribution in [2.45, 2.75) is 0 Å². The van der Waals surface area contributed by atoms with Gasteiger partial charge in [-0.05, 0) is 40.2 Å². The average molecular weight is 389 g/mol. The second-order valence-electron chi connectivity index (χ2n) is 3.66. The molecule has 0 aliphatic carbocycles. The monoisotopic (exact) mass is 387 g/mol. The van der Waals surface area contributed by atoms with Crippen LogP contribution in [0.15, 0.2) is 39.4 Å². The summed E-state index contributed by atoms with van der Waals surface area (Å²) in [6, 6.07) is 6.30. The lowest BCUT2D eigenvalue weighted by atomic mass is 10.2. The van der Waals surface area contributed by atoms with Crippen molar-refractivity contribution in [2.24, 2.45) is 0 Å². The average Bonchev–Trinajstić information content (AvgIpc) is 2.35. The lowest BCUT2D eigenvalue weighted by Gasteiger charge is -2.09. The molecule has 1 heterocycles. The normalized spacial score (nSPS) is 10.3. The number of benzene rings is 1. The molecule has 0 saturated heterocycles. The molecule has 19 heavy (non-hydrogen) atoms. The zero-order valence-corrected chi connectivity index (χ0v) is 12.6. The summed E-state index contributed by atoms with van der Waals surface area (Å²) in [6.45, 7) is 0. The van der Waals surface area contributed by atoms with Crippen LogP contribution in [0.3, 0.4) is 0 Å². The Morgan fingerprint density at radius 1 is 1.32 bits per heavy atom. The first kappa shape index (κ1) is 14.0. The lowest BCUT2D eigenvalue weighted by molar-refractivity contribution is 0.102. The first-order valence-electron chi connectivity index (χ1n) is 5.15. The maximum Gasteiger partial charge on any atom is 0.259 e. The smallest absolute Gasteiger partial charge is 0.259 e. The van der Waals surface area contributed by atoms with E-state index in [1.807, 2.05) is 0 Å². The molecule has 4 nitrogen and oxygen atoms in total. The number of nitrogens with one attached hydrogen (secondary N) is 1. The molecule has 98 valence electrons. The van der Waals surface area contributed by atoms with Gasteiger partial charge in [-0.15, -0.1) is 0 Å². The third-order valence-corrected chi connectivity index (χ3v) is 3.46. The maximum absolute atomic E-state index is 13.1. The molecule has 0 radical (unpaired) electrons. The van der Waals surface area contributed by atoms with Crippen LogP contribution in [0.25, 0.3) is 0 Å². The molecule has 7 heteroatoms. The van der Waals surface area contributed by atoms with E-state index in [1.165, 1.54) is 0 Å². The number of hydrogen-bond acceptors (Lipinski definition) is 3. The van der Waals surface area contributed by atoms with Gasteiger partial charge >= 0.3 is 0 Å². The van der Waals surface area contributed by atoms with E-state index < -0.39 is 11.7 Å². The van der Waals surface area contributed by atoms with Crippen LogP contribution in [0.5, 0.6) is 0 Å². The van der Waals surface area contributed by atoms with Crippen molar-refractivity contribution in [2.75, 3.05) is 11.1 Å². The number of nitrogens with zero attached hydrogens (tertiary/aromatic N) is 1. The van der Waals surface area contributed by atoms with Crippen LogP contribution < -0.4 is 11.1 Å². The van der Waals surface area contributed by atoms with Crippen molar-refractivity contribution in [3.05, 3.63) is 50.8 Å². The molecule has 2 aromatic rings. The molecule has 0 saturated carbocycles.